The summed E-state index contributed by atoms with van der Waals surface area (Å²) in [5.41, 5.74) is 2.17. The predicted molar refractivity (Wildman–Crippen MR) is 115 cm³/mol. The maximum Gasteiger partial charge on any atom is 0.278 e. The first kappa shape index (κ1) is 19.0. The van der Waals surface area contributed by atoms with Crippen LogP contribution in [0.2, 0.25) is 0 Å². The van der Waals surface area contributed by atoms with Crippen LogP contribution in [-0.2, 0) is 6.54 Å². The van der Waals surface area contributed by atoms with Gasteiger partial charge in [-0.05, 0) is 48.9 Å². The van der Waals surface area contributed by atoms with Gasteiger partial charge in [-0.1, -0.05) is 30.3 Å². The van der Waals surface area contributed by atoms with Gasteiger partial charge in [-0.25, -0.2) is 4.98 Å². The molecule has 5 nitrogen and oxygen atoms in total. The molecule has 29 heavy (non-hydrogen) atoms. The number of carbonyl (C=O) groups is 1. The third-order valence-corrected chi connectivity index (χ3v) is 5.52. The number of nitrogens with zero attached hydrogens (tertiary/aromatic N) is 2. The SMILES string of the molecule is COc1ccc(N(Cc2ccco2)C(=O)c2nc(C)sc2-c2ccccc2)cc1. The van der Waals surface area contributed by atoms with E-state index in [9.17, 15) is 4.79 Å². The lowest BCUT2D eigenvalue weighted by molar-refractivity contribution is 0.0979. The molecular formula is C23H20N2O3S. The van der Waals surface area contributed by atoms with Crippen LogP contribution in [0.5, 0.6) is 5.75 Å². The highest BCUT2D eigenvalue weighted by Crippen LogP contribution is 2.32. The van der Waals surface area contributed by atoms with Gasteiger partial charge in [0.25, 0.3) is 5.91 Å². The Bertz CT molecular complexity index is 1090. The molecule has 0 aliphatic heterocycles. The number of amides is 1. The summed E-state index contributed by atoms with van der Waals surface area (Å²) < 4.78 is 10.7. The van der Waals surface area contributed by atoms with E-state index in [-0.39, 0.29) is 5.91 Å². The molecule has 0 bridgehead atoms. The zero-order chi connectivity index (χ0) is 20.2. The topological polar surface area (TPSA) is 55.6 Å². The van der Waals surface area contributed by atoms with Gasteiger partial charge in [-0.15, -0.1) is 11.3 Å². The highest BCUT2D eigenvalue weighted by Gasteiger charge is 2.25. The number of aryl methyl sites for hydroxylation is 1. The second kappa shape index (κ2) is 8.32. The minimum Gasteiger partial charge on any atom is -0.497 e. The number of carbonyl (C=O) groups excluding carboxylic acids is 1. The fourth-order valence-corrected chi connectivity index (χ4v) is 4.00. The number of hydrogen-bond acceptors (Lipinski definition) is 5. The highest BCUT2D eigenvalue weighted by atomic mass is 32.1. The number of ether oxygens (including phenoxy) is 1. The lowest BCUT2D eigenvalue weighted by Gasteiger charge is -2.22. The molecule has 2 aromatic carbocycles. The van der Waals surface area contributed by atoms with Crippen molar-refractivity contribution in [2.24, 2.45) is 0 Å². The standard InChI is InChI=1S/C23H20N2O3S/c1-16-24-21(22(29-16)17-7-4-3-5-8-17)23(26)25(15-20-9-6-14-28-20)18-10-12-19(27-2)13-11-18/h3-14H,15H2,1-2H3. The molecular weight excluding hydrogens is 384 g/mol. The average Bonchev–Trinajstić information content (AvgIpc) is 3.42. The summed E-state index contributed by atoms with van der Waals surface area (Å²) in [5.74, 6) is 1.26. The molecule has 2 heterocycles. The second-order valence-corrected chi connectivity index (χ2v) is 7.65. The summed E-state index contributed by atoms with van der Waals surface area (Å²) >= 11 is 1.52. The fourth-order valence-electron chi connectivity index (χ4n) is 3.09. The highest BCUT2D eigenvalue weighted by molar-refractivity contribution is 7.15. The van der Waals surface area contributed by atoms with Crippen LogP contribution in [0.3, 0.4) is 0 Å². The van der Waals surface area contributed by atoms with Crippen molar-refractivity contribution in [1.29, 1.82) is 0 Å². The zero-order valence-corrected chi connectivity index (χ0v) is 17.0. The van der Waals surface area contributed by atoms with Crippen LogP contribution in [0.25, 0.3) is 10.4 Å². The molecule has 0 spiro atoms. The molecule has 0 fully saturated rings. The summed E-state index contributed by atoms with van der Waals surface area (Å²) in [6.45, 7) is 2.22. The zero-order valence-electron chi connectivity index (χ0n) is 16.2. The van der Waals surface area contributed by atoms with E-state index in [4.69, 9.17) is 9.15 Å². The van der Waals surface area contributed by atoms with Crippen molar-refractivity contribution in [1.82, 2.24) is 4.98 Å². The number of furan rings is 1. The van der Waals surface area contributed by atoms with Gasteiger partial charge < -0.3 is 9.15 Å². The van der Waals surface area contributed by atoms with E-state index in [2.05, 4.69) is 4.98 Å². The van der Waals surface area contributed by atoms with Gasteiger partial charge in [0, 0.05) is 5.69 Å². The minimum atomic E-state index is -0.172. The molecule has 146 valence electrons. The normalized spacial score (nSPS) is 10.7. The van der Waals surface area contributed by atoms with Gasteiger partial charge in [-0.3, -0.25) is 9.69 Å². The van der Waals surface area contributed by atoms with Gasteiger partial charge in [0.05, 0.1) is 29.8 Å². The van der Waals surface area contributed by atoms with Crippen molar-refractivity contribution in [2.45, 2.75) is 13.5 Å². The Balaban J connectivity index is 1.75. The third-order valence-electron chi connectivity index (χ3n) is 4.50. The maximum absolute atomic E-state index is 13.6. The predicted octanol–water partition coefficient (Wildman–Crippen LogP) is 5.57. The van der Waals surface area contributed by atoms with E-state index in [1.165, 1.54) is 11.3 Å². The lowest BCUT2D eigenvalue weighted by Crippen LogP contribution is -2.31. The summed E-state index contributed by atoms with van der Waals surface area (Å²) in [6.07, 6.45) is 1.61. The summed E-state index contributed by atoms with van der Waals surface area (Å²) in [7, 11) is 1.62. The Kier molecular flexibility index (Phi) is 5.44. The van der Waals surface area contributed by atoms with Gasteiger partial charge >= 0.3 is 0 Å². The van der Waals surface area contributed by atoms with Crippen molar-refractivity contribution >= 4 is 22.9 Å². The second-order valence-electron chi connectivity index (χ2n) is 6.45. The van der Waals surface area contributed by atoms with E-state index in [1.807, 2.05) is 73.7 Å². The molecule has 0 saturated carbocycles. The van der Waals surface area contributed by atoms with E-state index >= 15 is 0 Å². The summed E-state index contributed by atoms with van der Waals surface area (Å²) in [6, 6.07) is 20.9. The Morgan fingerprint density at radius 1 is 1.07 bits per heavy atom. The number of methoxy groups -OCH3 is 1. The van der Waals surface area contributed by atoms with Crippen LogP contribution in [0.15, 0.2) is 77.4 Å². The third kappa shape index (κ3) is 4.07. The van der Waals surface area contributed by atoms with Crippen LogP contribution >= 0.6 is 11.3 Å². The summed E-state index contributed by atoms with van der Waals surface area (Å²) in [4.78, 5) is 20.7. The van der Waals surface area contributed by atoms with Crippen LogP contribution in [0.1, 0.15) is 21.3 Å². The molecule has 0 N–H and O–H groups in total. The Hall–Kier alpha value is -3.38. The van der Waals surface area contributed by atoms with E-state index < -0.39 is 0 Å². The van der Waals surface area contributed by atoms with E-state index in [1.54, 1.807) is 18.3 Å². The van der Waals surface area contributed by atoms with Gasteiger partial charge in [-0.2, -0.15) is 0 Å². The smallest absolute Gasteiger partial charge is 0.278 e. The monoisotopic (exact) mass is 404 g/mol. The van der Waals surface area contributed by atoms with Crippen molar-refractivity contribution in [3.63, 3.8) is 0 Å². The summed E-state index contributed by atoms with van der Waals surface area (Å²) in [5, 5.41) is 0.847. The maximum atomic E-state index is 13.6. The van der Waals surface area contributed by atoms with Crippen molar-refractivity contribution in [2.75, 3.05) is 12.0 Å². The molecule has 0 aliphatic carbocycles. The largest absolute Gasteiger partial charge is 0.497 e. The van der Waals surface area contributed by atoms with Crippen LogP contribution in [0.4, 0.5) is 5.69 Å². The molecule has 0 atom stereocenters. The number of aromatic nitrogens is 1. The molecule has 2 aromatic heterocycles. The van der Waals surface area contributed by atoms with Crippen molar-refractivity contribution in [3.05, 3.63) is 89.5 Å². The minimum absolute atomic E-state index is 0.172. The van der Waals surface area contributed by atoms with Crippen molar-refractivity contribution in [3.8, 4) is 16.2 Å². The average molecular weight is 404 g/mol. The first-order valence-electron chi connectivity index (χ1n) is 9.17. The number of hydrogen-bond donors (Lipinski definition) is 0. The molecule has 1 amide bonds. The van der Waals surface area contributed by atoms with E-state index in [0.717, 1.165) is 26.9 Å². The van der Waals surface area contributed by atoms with Gasteiger partial charge in [0.15, 0.2) is 0 Å². The van der Waals surface area contributed by atoms with E-state index in [0.29, 0.717) is 18.0 Å². The first-order chi connectivity index (χ1) is 14.2. The molecule has 0 aliphatic rings. The Labute approximate surface area is 173 Å². The molecule has 6 heteroatoms. The number of rotatable bonds is 6. The molecule has 4 rings (SSSR count). The number of anilines is 1. The van der Waals surface area contributed by atoms with Gasteiger partial charge in [0.2, 0.25) is 0 Å². The Morgan fingerprint density at radius 2 is 1.83 bits per heavy atom. The first-order valence-corrected chi connectivity index (χ1v) is 9.98. The van der Waals surface area contributed by atoms with Crippen LogP contribution < -0.4 is 9.64 Å². The van der Waals surface area contributed by atoms with Gasteiger partial charge in [0.1, 0.15) is 17.2 Å². The molecule has 0 unspecified atom stereocenters. The number of thiazole rings is 1. The molecule has 0 radical (unpaired) electrons. The number of benzene rings is 2. The fraction of sp³-hybridized carbons (Fsp3) is 0.130. The molecule has 0 saturated heterocycles. The quantitative estimate of drug-likeness (QED) is 0.422. The molecule has 4 aromatic rings. The van der Waals surface area contributed by atoms with Crippen LogP contribution in [-0.4, -0.2) is 18.0 Å². The van der Waals surface area contributed by atoms with Crippen molar-refractivity contribution < 1.29 is 13.9 Å². The van der Waals surface area contributed by atoms with Crippen LogP contribution in [0, 0.1) is 6.92 Å². The lowest BCUT2D eigenvalue weighted by atomic mass is 10.1. The Morgan fingerprint density at radius 3 is 2.48 bits per heavy atom.